The van der Waals surface area contributed by atoms with E-state index in [4.69, 9.17) is 5.73 Å². The van der Waals surface area contributed by atoms with Gasteiger partial charge in [-0.25, -0.2) is 0 Å². The van der Waals surface area contributed by atoms with Gasteiger partial charge < -0.3 is 10.8 Å². The van der Waals surface area contributed by atoms with E-state index >= 15 is 0 Å². The molecule has 72 valence electrons. The molecule has 0 aliphatic heterocycles. The highest BCUT2D eigenvalue weighted by Gasteiger charge is 2.45. The van der Waals surface area contributed by atoms with Gasteiger partial charge >= 0.3 is 0 Å². The summed E-state index contributed by atoms with van der Waals surface area (Å²) in [6.07, 6.45) is 2.19. The van der Waals surface area contributed by atoms with Crippen LogP contribution in [0.15, 0.2) is 15.2 Å². The minimum absolute atomic E-state index is 0.312. The molecule has 4 heteroatoms. The largest absolute Gasteiger partial charge is 0.383 e. The highest BCUT2D eigenvalue weighted by molar-refractivity contribution is 9.10. The first-order chi connectivity index (χ1) is 6.18. The lowest BCUT2D eigenvalue weighted by atomic mass is 9.91. The fourth-order valence-corrected chi connectivity index (χ4v) is 3.36. The lowest BCUT2D eigenvalue weighted by Crippen LogP contribution is -2.37. The number of aliphatic hydroxyl groups is 1. The monoisotopic (exact) mass is 261 g/mol. The van der Waals surface area contributed by atoms with Crippen LogP contribution in [0, 0.1) is 5.92 Å². The molecule has 0 bridgehead atoms. The summed E-state index contributed by atoms with van der Waals surface area (Å²) < 4.78 is 0.984. The van der Waals surface area contributed by atoms with Gasteiger partial charge in [0.05, 0.1) is 0 Å². The van der Waals surface area contributed by atoms with Crippen molar-refractivity contribution in [3.8, 4) is 0 Å². The third-order valence-corrected chi connectivity index (χ3v) is 4.35. The Labute approximate surface area is 89.9 Å². The van der Waals surface area contributed by atoms with E-state index in [9.17, 15) is 5.11 Å². The molecule has 1 aliphatic carbocycles. The van der Waals surface area contributed by atoms with Gasteiger partial charge in [0, 0.05) is 22.0 Å². The van der Waals surface area contributed by atoms with Crippen LogP contribution in [0.5, 0.6) is 0 Å². The van der Waals surface area contributed by atoms with E-state index in [1.54, 1.807) is 11.3 Å². The first-order valence-electron chi connectivity index (χ1n) is 4.33. The van der Waals surface area contributed by atoms with E-state index in [-0.39, 0.29) is 0 Å². The van der Waals surface area contributed by atoms with Crippen molar-refractivity contribution < 1.29 is 5.11 Å². The number of thiophene rings is 1. The Hall–Kier alpha value is 0.100. The molecule has 1 fully saturated rings. The van der Waals surface area contributed by atoms with Crippen molar-refractivity contribution >= 4 is 27.3 Å². The summed E-state index contributed by atoms with van der Waals surface area (Å²) in [4.78, 5) is 0. The summed E-state index contributed by atoms with van der Waals surface area (Å²) in [6, 6.07) is 0. The van der Waals surface area contributed by atoms with E-state index in [0.717, 1.165) is 22.9 Å². The first-order valence-corrected chi connectivity index (χ1v) is 6.06. The van der Waals surface area contributed by atoms with Gasteiger partial charge in [0.25, 0.3) is 0 Å². The zero-order chi connectivity index (χ0) is 9.47. The van der Waals surface area contributed by atoms with Crippen molar-refractivity contribution in [2.45, 2.75) is 18.4 Å². The van der Waals surface area contributed by atoms with Crippen LogP contribution >= 0.6 is 27.3 Å². The van der Waals surface area contributed by atoms with Gasteiger partial charge in [-0.2, -0.15) is 11.3 Å². The van der Waals surface area contributed by atoms with Crippen LogP contribution in [0.25, 0.3) is 0 Å². The normalized spacial score (nSPS) is 21.5. The Balaban J connectivity index is 2.35. The number of hydrogen-bond acceptors (Lipinski definition) is 3. The van der Waals surface area contributed by atoms with Gasteiger partial charge in [0.1, 0.15) is 5.60 Å². The predicted molar refractivity (Wildman–Crippen MR) is 57.7 cm³/mol. The molecule has 0 saturated heterocycles. The topological polar surface area (TPSA) is 46.2 Å². The zero-order valence-electron chi connectivity index (χ0n) is 7.16. The summed E-state index contributed by atoms with van der Waals surface area (Å²) >= 11 is 5.03. The summed E-state index contributed by atoms with van der Waals surface area (Å²) in [6.45, 7) is 0.312. The molecule has 0 amide bonds. The second-order valence-electron chi connectivity index (χ2n) is 3.54. The molecule has 1 atom stereocenters. The second kappa shape index (κ2) is 3.35. The minimum Gasteiger partial charge on any atom is -0.383 e. The van der Waals surface area contributed by atoms with Crippen LogP contribution in [0.4, 0.5) is 0 Å². The van der Waals surface area contributed by atoms with Crippen LogP contribution in [0.1, 0.15) is 18.4 Å². The summed E-state index contributed by atoms with van der Waals surface area (Å²) in [5.74, 6) is 0.364. The summed E-state index contributed by atoms with van der Waals surface area (Å²) in [7, 11) is 0. The van der Waals surface area contributed by atoms with E-state index in [2.05, 4.69) is 15.9 Å². The molecule has 13 heavy (non-hydrogen) atoms. The van der Waals surface area contributed by atoms with Crippen LogP contribution in [-0.2, 0) is 5.60 Å². The molecule has 2 nitrogen and oxygen atoms in total. The maximum atomic E-state index is 10.4. The van der Waals surface area contributed by atoms with Crippen molar-refractivity contribution in [1.82, 2.24) is 0 Å². The summed E-state index contributed by atoms with van der Waals surface area (Å²) in [5, 5.41) is 14.3. The quantitative estimate of drug-likeness (QED) is 0.875. The molecule has 1 saturated carbocycles. The smallest absolute Gasteiger partial charge is 0.106 e. The van der Waals surface area contributed by atoms with E-state index < -0.39 is 5.60 Å². The molecule has 1 aliphatic rings. The molecule has 1 heterocycles. The van der Waals surface area contributed by atoms with Crippen LogP contribution in [0.2, 0.25) is 0 Å². The maximum absolute atomic E-state index is 10.4. The highest BCUT2D eigenvalue weighted by atomic mass is 79.9. The zero-order valence-corrected chi connectivity index (χ0v) is 9.57. The Morgan fingerprint density at radius 3 is 2.69 bits per heavy atom. The van der Waals surface area contributed by atoms with Gasteiger partial charge in [0.2, 0.25) is 0 Å². The SMILES string of the molecule is NCC(O)(c1cscc1Br)C1CC1. The third kappa shape index (κ3) is 1.56. The molecule has 2 rings (SSSR count). The number of nitrogens with two attached hydrogens (primary N) is 1. The fraction of sp³-hybridized carbons (Fsp3) is 0.556. The summed E-state index contributed by atoms with van der Waals surface area (Å²) in [5.41, 5.74) is 5.81. The lowest BCUT2D eigenvalue weighted by Gasteiger charge is -2.26. The van der Waals surface area contributed by atoms with Gasteiger partial charge in [-0.15, -0.1) is 0 Å². The number of rotatable bonds is 3. The molecule has 0 aromatic carbocycles. The van der Waals surface area contributed by atoms with E-state index in [0.29, 0.717) is 12.5 Å². The Bertz CT molecular complexity index is 310. The van der Waals surface area contributed by atoms with Gasteiger partial charge in [-0.1, -0.05) is 0 Å². The Morgan fingerprint density at radius 1 is 1.62 bits per heavy atom. The highest BCUT2D eigenvalue weighted by Crippen LogP contribution is 2.47. The molecule has 1 aromatic rings. The molecule has 0 spiro atoms. The van der Waals surface area contributed by atoms with Crippen molar-refractivity contribution in [1.29, 1.82) is 0 Å². The van der Waals surface area contributed by atoms with Crippen LogP contribution in [0.3, 0.4) is 0 Å². The van der Waals surface area contributed by atoms with Crippen molar-refractivity contribution in [2.75, 3.05) is 6.54 Å². The Kier molecular flexibility index (Phi) is 2.49. The van der Waals surface area contributed by atoms with Crippen molar-refractivity contribution in [2.24, 2.45) is 11.7 Å². The van der Waals surface area contributed by atoms with Crippen molar-refractivity contribution in [3.63, 3.8) is 0 Å². The molecular weight excluding hydrogens is 250 g/mol. The Morgan fingerprint density at radius 2 is 2.31 bits per heavy atom. The maximum Gasteiger partial charge on any atom is 0.106 e. The number of hydrogen-bond donors (Lipinski definition) is 2. The first kappa shape index (κ1) is 9.65. The molecular formula is C9H12BrNOS. The second-order valence-corrected chi connectivity index (χ2v) is 5.13. The molecule has 1 aromatic heterocycles. The van der Waals surface area contributed by atoms with Crippen LogP contribution < -0.4 is 5.73 Å². The van der Waals surface area contributed by atoms with Crippen LogP contribution in [-0.4, -0.2) is 11.7 Å². The molecule has 1 unspecified atom stereocenters. The lowest BCUT2D eigenvalue weighted by molar-refractivity contribution is 0.0220. The number of halogens is 1. The molecule has 0 radical (unpaired) electrons. The fourth-order valence-electron chi connectivity index (χ4n) is 1.65. The third-order valence-electron chi connectivity index (χ3n) is 2.65. The average Bonchev–Trinajstić information content (AvgIpc) is 2.89. The average molecular weight is 262 g/mol. The van der Waals surface area contributed by atoms with Gasteiger partial charge in [-0.05, 0) is 40.1 Å². The van der Waals surface area contributed by atoms with E-state index in [1.165, 1.54) is 0 Å². The van der Waals surface area contributed by atoms with Gasteiger partial charge in [-0.3, -0.25) is 0 Å². The van der Waals surface area contributed by atoms with Crippen molar-refractivity contribution in [3.05, 3.63) is 20.8 Å². The minimum atomic E-state index is -0.793. The van der Waals surface area contributed by atoms with Gasteiger partial charge in [0.15, 0.2) is 0 Å². The predicted octanol–water partition coefficient (Wildman–Crippen LogP) is 2.07. The van der Waals surface area contributed by atoms with E-state index in [1.807, 2.05) is 10.8 Å². The molecule has 3 N–H and O–H groups in total. The standard InChI is InChI=1S/C9H12BrNOS/c10-8-4-13-3-7(8)9(12,5-11)6-1-2-6/h3-4,6,12H,1-2,5,11H2.